The van der Waals surface area contributed by atoms with Crippen molar-refractivity contribution in [2.24, 2.45) is 5.16 Å². The number of carbonyl (C=O) groups excluding carboxylic acids is 2. The number of thioether (sulfide) groups is 1. The summed E-state index contributed by atoms with van der Waals surface area (Å²) in [5.74, 6) is -2.18. The molecule has 0 unspecified atom stereocenters. The first-order valence-corrected chi connectivity index (χ1v) is 8.88. The number of amides is 2. The van der Waals surface area contributed by atoms with Crippen molar-refractivity contribution < 1.29 is 24.7 Å². The second-order valence-corrected chi connectivity index (χ2v) is 8.56. The molecule has 1 aromatic rings. The normalized spacial score (nSPS) is 28.2. The van der Waals surface area contributed by atoms with Gasteiger partial charge in [-0.05, 0) is 25.3 Å². The highest BCUT2D eigenvalue weighted by molar-refractivity contribution is 8.01. The maximum absolute atomic E-state index is 12.3. The molecule has 3 heterocycles. The van der Waals surface area contributed by atoms with Crippen LogP contribution in [-0.4, -0.2) is 60.9 Å². The first-order chi connectivity index (χ1) is 11.3. The standard InChI is InChI=1S/C14H15N3O5S2/c1-14(2)9(13(20)21)17-11(19)8(12(17)24-14)15-10(18)7(16-22)6-3-4-23-5-6/h3-5,8-9,12,22H,1-2H3,(H,15,18)(H,20,21)/t8-,9+,12-/m1/s1. The number of hydrogen-bond acceptors (Lipinski definition) is 7. The molecular formula is C14H15N3O5S2. The van der Waals surface area contributed by atoms with E-state index in [-0.39, 0.29) is 5.71 Å². The second kappa shape index (κ2) is 5.78. The third-order valence-corrected chi connectivity index (χ3v) is 6.33. The molecule has 0 aromatic carbocycles. The smallest absolute Gasteiger partial charge is 0.327 e. The van der Waals surface area contributed by atoms with Crippen molar-refractivity contribution in [2.45, 2.75) is 36.1 Å². The van der Waals surface area contributed by atoms with E-state index in [1.165, 1.54) is 28.0 Å². The van der Waals surface area contributed by atoms with Gasteiger partial charge in [-0.3, -0.25) is 9.59 Å². The van der Waals surface area contributed by atoms with Gasteiger partial charge < -0.3 is 20.5 Å². The lowest BCUT2D eigenvalue weighted by molar-refractivity contribution is -0.160. The Morgan fingerprint density at radius 3 is 2.67 bits per heavy atom. The molecule has 2 aliphatic rings. The predicted octanol–water partition coefficient (Wildman–Crippen LogP) is 0.558. The summed E-state index contributed by atoms with van der Waals surface area (Å²) in [6, 6.07) is -0.139. The van der Waals surface area contributed by atoms with E-state index in [0.29, 0.717) is 5.56 Å². The minimum Gasteiger partial charge on any atom is -0.480 e. The Balaban J connectivity index is 1.76. The van der Waals surface area contributed by atoms with Gasteiger partial charge in [-0.15, -0.1) is 11.8 Å². The van der Waals surface area contributed by atoms with Crippen molar-refractivity contribution in [3.05, 3.63) is 22.4 Å². The van der Waals surface area contributed by atoms with Crippen molar-refractivity contribution in [1.82, 2.24) is 10.2 Å². The van der Waals surface area contributed by atoms with E-state index in [4.69, 9.17) is 5.21 Å². The minimum absolute atomic E-state index is 0.181. The SMILES string of the molecule is CC1(C)S[C@@H]2[C@H](NC(=O)C(=NO)c3ccsc3)C(=O)N2[C@H]1C(=O)O. The first-order valence-electron chi connectivity index (χ1n) is 7.06. The topological polar surface area (TPSA) is 119 Å². The van der Waals surface area contributed by atoms with Crippen molar-refractivity contribution in [3.8, 4) is 0 Å². The second-order valence-electron chi connectivity index (χ2n) is 6.01. The molecule has 0 bridgehead atoms. The van der Waals surface area contributed by atoms with Crippen LogP contribution in [0, 0.1) is 0 Å². The summed E-state index contributed by atoms with van der Waals surface area (Å²) in [6.45, 7) is 3.51. The van der Waals surface area contributed by atoms with E-state index in [1.807, 2.05) is 0 Å². The van der Waals surface area contributed by atoms with Gasteiger partial charge in [-0.1, -0.05) is 5.16 Å². The van der Waals surface area contributed by atoms with E-state index in [2.05, 4.69) is 10.5 Å². The van der Waals surface area contributed by atoms with Gasteiger partial charge in [0, 0.05) is 15.7 Å². The fraction of sp³-hybridized carbons (Fsp3) is 0.429. The van der Waals surface area contributed by atoms with Gasteiger partial charge in [0.2, 0.25) is 5.91 Å². The zero-order valence-corrected chi connectivity index (χ0v) is 14.4. The number of carbonyl (C=O) groups is 3. The number of carboxylic acids is 1. The van der Waals surface area contributed by atoms with E-state index >= 15 is 0 Å². The average molecular weight is 369 g/mol. The molecule has 2 fully saturated rings. The van der Waals surface area contributed by atoms with Gasteiger partial charge in [0.15, 0.2) is 5.71 Å². The van der Waals surface area contributed by atoms with Crippen LogP contribution in [0.4, 0.5) is 0 Å². The number of aliphatic carboxylic acids is 1. The maximum atomic E-state index is 12.3. The van der Waals surface area contributed by atoms with E-state index < -0.39 is 40.0 Å². The van der Waals surface area contributed by atoms with Crippen molar-refractivity contribution in [1.29, 1.82) is 0 Å². The van der Waals surface area contributed by atoms with Crippen LogP contribution in [0.15, 0.2) is 22.0 Å². The highest BCUT2D eigenvalue weighted by Crippen LogP contribution is 2.50. The van der Waals surface area contributed by atoms with Crippen molar-refractivity contribution in [2.75, 3.05) is 0 Å². The Labute approximate surface area is 145 Å². The Morgan fingerprint density at radius 1 is 1.42 bits per heavy atom. The van der Waals surface area contributed by atoms with Crippen molar-refractivity contribution in [3.63, 3.8) is 0 Å². The van der Waals surface area contributed by atoms with Crippen LogP contribution in [0.3, 0.4) is 0 Å². The molecule has 0 aliphatic carbocycles. The molecule has 3 rings (SSSR count). The van der Waals surface area contributed by atoms with Gasteiger partial charge in [-0.25, -0.2) is 4.79 Å². The molecular weight excluding hydrogens is 354 g/mol. The predicted molar refractivity (Wildman–Crippen MR) is 88.3 cm³/mol. The highest BCUT2D eigenvalue weighted by atomic mass is 32.2. The van der Waals surface area contributed by atoms with Crippen LogP contribution < -0.4 is 5.32 Å². The Kier molecular flexibility index (Phi) is 4.04. The molecule has 1 aromatic heterocycles. The molecule has 2 aliphatic heterocycles. The molecule has 3 N–H and O–H groups in total. The minimum atomic E-state index is -1.07. The monoisotopic (exact) mass is 369 g/mol. The number of β-lactam (4-membered cyclic amide) rings is 1. The molecule has 128 valence electrons. The number of fused-ring (bicyclic) bond motifs is 1. The van der Waals surface area contributed by atoms with Crippen LogP contribution in [0.2, 0.25) is 0 Å². The number of nitrogens with one attached hydrogen (secondary N) is 1. The number of oxime groups is 1. The zero-order valence-electron chi connectivity index (χ0n) is 12.8. The fourth-order valence-electron chi connectivity index (χ4n) is 2.99. The molecule has 2 amide bonds. The third kappa shape index (κ3) is 2.46. The average Bonchev–Trinajstić information content (AvgIpc) is 3.10. The van der Waals surface area contributed by atoms with Crippen LogP contribution in [-0.2, 0) is 14.4 Å². The summed E-state index contributed by atoms with van der Waals surface area (Å²) < 4.78 is -0.660. The number of carboxylic acid groups (broad SMARTS) is 1. The summed E-state index contributed by atoms with van der Waals surface area (Å²) in [6.07, 6.45) is 0. The molecule has 10 heteroatoms. The molecule has 2 saturated heterocycles. The molecule has 0 saturated carbocycles. The zero-order chi connectivity index (χ0) is 17.6. The summed E-state index contributed by atoms with van der Waals surface area (Å²) in [7, 11) is 0. The third-order valence-electron chi connectivity index (χ3n) is 4.07. The summed E-state index contributed by atoms with van der Waals surface area (Å²) in [4.78, 5) is 37.3. The Morgan fingerprint density at radius 2 is 2.12 bits per heavy atom. The molecule has 8 nitrogen and oxygen atoms in total. The van der Waals surface area contributed by atoms with Crippen LogP contribution in [0.5, 0.6) is 0 Å². The summed E-state index contributed by atoms with van der Waals surface area (Å²) >= 11 is 2.68. The Hall–Kier alpha value is -2.07. The first kappa shape index (κ1) is 16.8. The van der Waals surface area contributed by atoms with Crippen LogP contribution in [0.1, 0.15) is 19.4 Å². The Bertz CT molecular complexity index is 731. The van der Waals surface area contributed by atoms with Crippen LogP contribution >= 0.6 is 23.1 Å². The fourth-order valence-corrected chi connectivity index (χ4v) is 5.25. The molecule has 24 heavy (non-hydrogen) atoms. The van der Waals surface area contributed by atoms with Gasteiger partial charge in [0.1, 0.15) is 17.5 Å². The molecule has 0 spiro atoms. The van der Waals surface area contributed by atoms with Gasteiger partial charge in [0.05, 0.1) is 0 Å². The number of rotatable bonds is 4. The quantitative estimate of drug-likeness (QED) is 0.309. The molecule has 3 atom stereocenters. The van der Waals surface area contributed by atoms with Gasteiger partial charge in [0.25, 0.3) is 5.91 Å². The summed E-state index contributed by atoms with van der Waals surface area (Å²) in [5, 5.41) is 26.9. The van der Waals surface area contributed by atoms with E-state index in [9.17, 15) is 19.5 Å². The van der Waals surface area contributed by atoms with E-state index in [1.54, 1.807) is 30.7 Å². The maximum Gasteiger partial charge on any atom is 0.327 e. The lowest BCUT2D eigenvalue weighted by Crippen LogP contribution is -2.71. The molecule has 0 radical (unpaired) electrons. The van der Waals surface area contributed by atoms with Crippen LogP contribution in [0.25, 0.3) is 0 Å². The number of hydrogen-bond donors (Lipinski definition) is 3. The largest absolute Gasteiger partial charge is 0.480 e. The van der Waals surface area contributed by atoms with Gasteiger partial charge in [-0.2, -0.15) is 11.3 Å². The lowest BCUT2D eigenvalue weighted by Gasteiger charge is -2.43. The van der Waals surface area contributed by atoms with E-state index in [0.717, 1.165) is 0 Å². The highest BCUT2D eigenvalue weighted by Gasteiger charge is 2.64. The lowest BCUT2D eigenvalue weighted by atomic mass is 9.96. The summed E-state index contributed by atoms with van der Waals surface area (Å²) in [5.41, 5.74) is 0.269. The number of thiophene rings is 1. The number of nitrogens with zero attached hydrogens (tertiary/aromatic N) is 2. The van der Waals surface area contributed by atoms with Gasteiger partial charge >= 0.3 is 5.97 Å². The van der Waals surface area contributed by atoms with Crippen molar-refractivity contribution >= 4 is 46.6 Å².